The van der Waals surface area contributed by atoms with Crippen LogP contribution in [0, 0.1) is 11.7 Å². The first-order valence-corrected chi connectivity index (χ1v) is 9.31. The van der Waals surface area contributed by atoms with Gasteiger partial charge in [-0.15, -0.1) is 0 Å². The molecular formula is C21H25FN4. The number of rotatable bonds is 5. The zero-order valence-electron chi connectivity index (χ0n) is 15.1. The molecule has 4 rings (SSSR count). The molecule has 0 radical (unpaired) electrons. The van der Waals surface area contributed by atoms with Gasteiger partial charge in [-0.25, -0.2) is 9.37 Å². The van der Waals surface area contributed by atoms with Crippen molar-refractivity contribution in [2.45, 2.75) is 25.9 Å². The summed E-state index contributed by atoms with van der Waals surface area (Å²) in [6.45, 7) is 6.33. The highest BCUT2D eigenvalue weighted by atomic mass is 19.1. The highest BCUT2D eigenvalue weighted by Gasteiger charge is 2.33. The molecule has 2 atom stereocenters. The summed E-state index contributed by atoms with van der Waals surface area (Å²) in [6, 6.07) is 15.5. The van der Waals surface area contributed by atoms with Crippen molar-refractivity contribution in [2.24, 2.45) is 11.7 Å². The lowest BCUT2D eigenvalue weighted by atomic mass is 9.89. The molecule has 26 heavy (non-hydrogen) atoms. The number of nitrogens with two attached hydrogens (primary N) is 1. The maximum Gasteiger partial charge on any atom is 0.125 e. The first-order valence-electron chi connectivity index (χ1n) is 9.31. The van der Waals surface area contributed by atoms with Gasteiger partial charge in [-0.05, 0) is 37.1 Å². The minimum atomic E-state index is -0.238. The van der Waals surface area contributed by atoms with Gasteiger partial charge in [0.1, 0.15) is 11.6 Å². The number of hydrogen-bond acceptors (Lipinski definition) is 3. The molecule has 0 saturated carbocycles. The highest BCUT2D eigenvalue weighted by Crippen LogP contribution is 2.33. The van der Waals surface area contributed by atoms with Gasteiger partial charge in [-0.2, -0.15) is 0 Å². The van der Waals surface area contributed by atoms with Crippen LogP contribution in [0.1, 0.15) is 24.2 Å². The summed E-state index contributed by atoms with van der Waals surface area (Å²) in [6.07, 6.45) is 0. The van der Waals surface area contributed by atoms with Gasteiger partial charge in [0.25, 0.3) is 0 Å². The van der Waals surface area contributed by atoms with Crippen LogP contribution in [0.4, 0.5) is 4.39 Å². The lowest BCUT2D eigenvalue weighted by Crippen LogP contribution is -2.24. The number of halogens is 1. The predicted molar refractivity (Wildman–Crippen MR) is 102 cm³/mol. The quantitative estimate of drug-likeness (QED) is 0.766. The Bertz CT molecular complexity index is 890. The molecule has 3 aromatic rings. The number of imidazole rings is 1. The van der Waals surface area contributed by atoms with Crippen molar-refractivity contribution in [3.05, 3.63) is 65.7 Å². The molecule has 0 amide bonds. The van der Waals surface area contributed by atoms with Crippen molar-refractivity contribution in [2.75, 3.05) is 19.6 Å². The van der Waals surface area contributed by atoms with E-state index < -0.39 is 0 Å². The van der Waals surface area contributed by atoms with Gasteiger partial charge in [0, 0.05) is 31.6 Å². The summed E-state index contributed by atoms with van der Waals surface area (Å²) >= 11 is 0. The Hall–Kier alpha value is -2.24. The Labute approximate surface area is 153 Å². The molecule has 0 spiro atoms. The largest absolute Gasteiger partial charge is 0.330 e. The molecule has 0 bridgehead atoms. The molecule has 1 aliphatic rings. The van der Waals surface area contributed by atoms with Crippen molar-refractivity contribution >= 4 is 11.0 Å². The van der Waals surface area contributed by atoms with E-state index in [0.29, 0.717) is 18.4 Å². The fourth-order valence-electron chi connectivity index (χ4n) is 4.23. The van der Waals surface area contributed by atoms with Crippen molar-refractivity contribution in [1.29, 1.82) is 0 Å². The second kappa shape index (κ2) is 7.17. The molecule has 2 aromatic carbocycles. The van der Waals surface area contributed by atoms with Crippen LogP contribution in [0.25, 0.3) is 11.0 Å². The monoisotopic (exact) mass is 352 g/mol. The summed E-state index contributed by atoms with van der Waals surface area (Å²) in [5, 5.41) is 0. The summed E-state index contributed by atoms with van der Waals surface area (Å²) in [7, 11) is 0. The van der Waals surface area contributed by atoms with Crippen LogP contribution in [-0.4, -0.2) is 34.1 Å². The molecule has 2 heterocycles. The second-order valence-corrected chi connectivity index (χ2v) is 7.11. The zero-order valence-corrected chi connectivity index (χ0v) is 15.1. The van der Waals surface area contributed by atoms with E-state index in [1.54, 1.807) is 0 Å². The van der Waals surface area contributed by atoms with E-state index >= 15 is 0 Å². The lowest BCUT2D eigenvalue weighted by molar-refractivity contribution is 0.304. The fraction of sp³-hybridized carbons (Fsp3) is 0.381. The van der Waals surface area contributed by atoms with E-state index in [-0.39, 0.29) is 5.82 Å². The number of likely N-dealkylation sites (tertiary alicyclic amines) is 1. The molecule has 0 aliphatic carbocycles. The summed E-state index contributed by atoms with van der Waals surface area (Å²) < 4.78 is 15.7. The standard InChI is InChI=1S/C21H25FN4/c1-2-26-20-9-8-17(22)10-19(20)24-21(26)14-25-12-16(11-23)18(13-25)15-6-4-3-5-7-15/h3-10,16,18H,2,11-14,23H2,1H3/t16-,18+/m1/s1. The number of aromatic nitrogens is 2. The molecule has 136 valence electrons. The van der Waals surface area contributed by atoms with E-state index in [2.05, 4.69) is 46.7 Å². The summed E-state index contributed by atoms with van der Waals surface area (Å²) in [5.74, 6) is 1.67. The van der Waals surface area contributed by atoms with E-state index in [1.807, 2.05) is 6.07 Å². The normalized spacial score (nSPS) is 20.9. The van der Waals surface area contributed by atoms with Gasteiger partial charge in [-0.3, -0.25) is 4.90 Å². The van der Waals surface area contributed by atoms with E-state index in [0.717, 1.165) is 43.0 Å². The third kappa shape index (κ3) is 3.13. The minimum absolute atomic E-state index is 0.238. The van der Waals surface area contributed by atoms with Crippen LogP contribution >= 0.6 is 0 Å². The third-order valence-electron chi connectivity index (χ3n) is 5.52. The molecule has 0 unspecified atom stereocenters. The Morgan fingerprint density at radius 1 is 1.15 bits per heavy atom. The van der Waals surface area contributed by atoms with E-state index in [9.17, 15) is 4.39 Å². The van der Waals surface area contributed by atoms with Crippen molar-refractivity contribution in [3.63, 3.8) is 0 Å². The van der Waals surface area contributed by atoms with Gasteiger partial charge in [0.05, 0.1) is 17.6 Å². The third-order valence-corrected chi connectivity index (χ3v) is 5.52. The topological polar surface area (TPSA) is 47.1 Å². The first kappa shape index (κ1) is 17.2. The van der Waals surface area contributed by atoms with Gasteiger partial charge in [0.2, 0.25) is 0 Å². The van der Waals surface area contributed by atoms with Crippen LogP contribution in [0.3, 0.4) is 0 Å². The summed E-state index contributed by atoms with van der Waals surface area (Å²) in [5.41, 5.74) is 9.15. The number of hydrogen-bond donors (Lipinski definition) is 1. The molecular weight excluding hydrogens is 327 g/mol. The van der Waals surface area contributed by atoms with Crippen LogP contribution in [-0.2, 0) is 13.1 Å². The average Bonchev–Trinajstić information content (AvgIpc) is 3.22. The Morgan fingerprint density at radius 3 is 2.69 bits per heavy atom. The molecule has 2 N–H and O–H groups in total. The Morgan fingerprint density at radius 2 is 1.96 bits per heavy atom. The minimum Gasteiger partial charge on any atom is -0.330 e. The number of aryl methyl sites for hydroxylation is 1. The molecule has 1 saturated heterocycles. The molecule has 1 fully saturated rings. The molecule has 5 heteroatoms. The molecule has 4 nitrogen and oxygen atoms in total. The summed E-state index contributed by atoms with van der Waals surface area (Å²) in [4.78, 5) is 7.14. The lowest BCUT2D eigenvalue weighted by Gasteiger charge is -2.17. The molecule has 1 aliphatic heterocycles. The van der Waals surface area contributed by atoms with Crippen molar-refractivity contribution in [3.8, 4) is 0 Å². The van der Waals surface area contributed by atoms with Gasteiger partial charge in [-0.1, -0.05) is 30.3 Å². The smallest absolute Gasteiger partial charge is 0.125 e. The number of fused-ring (bicyclic) bond motifs is 1. The van der Waals surface area contributed by atoms with Gasteiger partial charge in [0.15, 0.2) is 0 Å². The fourth-order valence-corrected chi connectivity index (χ4v) is 4.23. The van der Waals surface area contributed by atoms with Crippen LogP contribution in [0.2, 0.25) is 0 Å². The van der Waals surface area contributed by atoms with Crippen molar-refractivity contribution < 1.29 is 4.39 Å². The van der Waals surface area contributed by atoms with Gasteiger partial charge < -0.3 is 10.3 Å². The van der Waals surface area contributed by atoms with Crippen molar-refractivity contribution in [1.82, 2.24) is 14.5 Å². The maximum atomic E-state index is 13.5. The molecule has 1 aromatic heterocycles. The van der Waals surface area contributed by atoms with E-state index in [1.165, 1.54) is 17.7 Å². The van der Waals surface area contributed by atoms with Crippen LogP contribution in [0.15, 0.2) is 48.5 Å². The second-order valence-electron chi connectivity index (χ2n) is 7.11. The Balaban J connectivity index is 1.59. The SMILES string of the molecule is CCn1c(CN2C[C@@H](CN)[C@H](c3ccccc3)C2)nc2cc(F)ccc21. The first-order chi connectivity index (χ1) is 12.7. The maximum absolute atomic E-state index is 13.5. The van der Waals surface area contributed by atoms with Gasteiger partial charge >= 0.3 is 0 Å². The number of nitrogens with zero attached hydrogens (tertiary/aromatic N) is 3. The van der Waals surface area contributed by atoms with E-state index in [4.69, 9.17) is 10.7 Å². The highest BCUT2D eigenvalue weighted by molar-refractivity contribution is 5.76. The van der Waals surface area contributed by atoms with Crippen LogP contribution in [0.5, 0.6) is 0 Å². The Kier molecular flexibility index (Phi) is 4.74. The van der Waals surface area contributed by atoms with Crippen LogP contribution < -0.4 is 5.73 Å². The zero-order chi connectivity index (χ0) is 18.1. The predicted octanol–water partition coefficient (Wildman–Crippen LogP) is 3.37. The number of benzene rings is 2. The average molecular weight is 352 g/mol.